The summed E-state index contributed by atoms with van der Waals surface area (Å²) in [5, 5.41) is 7.04. The van der Waals surface area contributed by atoms with Gasteiger partial charge in [0, 0.05) is 0 Å². The van der Waals surface area contributed by atoms with Crippen LogP contribution in [0.1, 0.15) is 19.4 Å². The third-order valence-corrected chi connectivity index (χ3v) is 2.39. The fourth-order valence-corrected chi connectivity index (χ4v) is 1.34. The second kappa shape index (κ2) is 4.52. The van der Waals surface area contributed by atoms with E-state index in [0.29, 0.717) is 0 Å². The van der Waals surface area contributed by atoms with Crippen LogP contribution >= 0.6 is 0 Å². The van der Waals surface area contributed by atoms with Crippen molar-refractivity contribution >= 4 is 17.0 Å². The first-order valence-corrected chi connectivity index (χ1v) is 5.44. The fraction of sp³-hybridized carbons (Fsp3) is 0.364. The minimum Gasteiger partial charge on any atom is -0.317 e. The molecule has 0 spiro atoms. The first-order valence-electron chi connectivity index (χ1n) is 5.44. The van der Waals surface area contributed by atoms with Crippen LogP contribution in [0.5, 0.6) is 0 Å². The summed E-state index contributed by atoms with van der Waals surface area (Å²) in [5.74, 6) is -0.930. The molecular formula is C11H10F3N3O2. The predicted octanol–water partition coefficient (Wildman–Crippen LogP) is 2.06. The lowest BCUT2D eigenvalue weighted by Gasteiger charge is -2.07. The van der Waals surface area contributed by atoms with Gasteiger partial charge in [0.05, 0.1) is 11.5 Å². The van der Waals surface area contributed by atoms with E-state index in [9.17, 15) is 18.0 Å². The molecule has 0 aliphatic rings. The summed E-state index contributed by atoms with van der Waals surface area (Å²) in [7, 11) is 0. The van der Waals surface area contributed by atoms with E-state index in [0.717, 1.165) is 23.0 Å². The number of carbonyl (C=O) groups is 1. The Labute approximate surface area is 105 Å². The standard InChI is InChI=1S/C11H10F3N3O2/c1-6(2)10(18)19-17-9-4-3-7(11(12,13)14)5-8(9)15-16-17/h3-6H,1-2H3. The maximum absolute atomic E-state index is 12.5. The fourth-order valence-electron chi connectivity index (χ4n) is 1.34. The van der Waals surface area contributed by atoms with Crippen molar-refractivity contribution in [2.24, 2.45) is 5.92 Å². The Bertz CT molecular complexity index is 619. The predicted molar refractivity (Wildman–Crippen MR) is 59.0 cm³/mol. The molecule has 5 nitrogen and oxygen atoms in total. The number of fused-ring (bicyclic) bond motifs is 1. The second-order valence-electron chi connectivity index (χ2n) is 4.23. The van der Waals surface area contributed by atoms with Crippen LogP contribution in [0, 0.1) is 5.92 Å². The van der Waals surface area contributed by atoms with E-state index < -0.39 is 17.7 Å². The van der Waals surface area contributed by atoms with Crippen LogP contribution in [-0.2, 0) is 11.0 Å². The lowest BCUT2D eigenvalue weighted by atomic mass is 10.2. The zero-order valence-corrected chi connectivity index (χ0v) is 10.1. The van der Waals surface area contributed by atoms with Crippen LogP contribution in [0.25, 0.3) is 11.0 Å². The molecule has 0 aliphatic heterocycles. The van der Waals surface area contributed by atoms with Gasteiger partial charge in [-0.2, -0.15) is 13.2 Å². The first kappa shape index (κ1) is 13.3. The van der Waals surface area contributed by atoms with Gasteiger partial charge in [0.25, 0.3) is 0 Å². The molecule has 0 atom stereocenters. The minimum atomic E-state index is -4.45. The zero-order chi connectivity index (χ0) is 14.2. The van der Waals surface area contributed by atoms with Crippen LogP contribution in [0.4, 0.5) is 13.2 Å². The topological polar surface area (TPSA) is 57.0 Å². The molecule has 0 saturated carbocycles. The number of hydrogen-bond acceptors (Lipinski definition) is 4. The first-order chi connectivity index (χ1) is 8.79. The number of rotatable bonds is 2. The van der Waals surface area contributed by atoms with Crippen molar-refractivity contribution in [1.29, 1.82) is 0 Å². The lowest BCUT2D eigenvalue weighted by Crippen LogP contribution is -2.24. The molecular weight excluding hydrogens is 263 g/mol. The van der Waals surface area contributed by atoms with Gasteiger partial charge in [-0.1, -0.05) is 18.7 Å². The van der Waals surface area contributed by atoms with Gasteiger partial charge in [-0.05, 0) is 23.4 Å². The smallest absolute Gasteiger partial charge is 0.317 e. The Kier molecular flexibility index (Phi) is 3.17. The van der Waals surface area contributed by atoms with Crippen molar-refractivity contribution in [3.05, 3.63) is 23.8 Å². The van der Waals surface area contributed by atoms with Gasteiger partial charge in [0.2, 0.25) is 0 Å². The van der Waals surface area contributed by atoms with Crippen molar-refractivity contribution in [2.45, 2.75) is 20.0 Å². The van der Waals surface area contributed by atoms with Crippen molar-refractivity contribution in [1.82, 2.24) is 15.2 Å². The molecule has 1 heterocycles. The average molecular weight is 273 g/mol. The minimum absolute atomic E-state index is 0.00591. The Morgan fingerprint density at radius 1 is 1.37 bits per heavy atom. The van der Waals surface area contributed by atoms with Gasteiger partial charge in [-0.3, -0.25) is 0 Å². The van der Waals surface area contributed by atoms with E-state index in [1.807, 2.05) is 0 Å². The summed E-state index contributed by atoms with van der Waals surface area (Å²) in [6, 6.07) is 2.89. The SMILES string of the molecule is CC(C)C(=O)On1nnc2cc(C(F)(F)F)ccc21. The van der Waals surface area contributed by atoms with Gasteiger partial charge in [-0.15, -0.1) is 5.10 Å². The van der Waals surface area contributed by atoms with Crippen LogP contribution in [0.2, 0.25) is 0 Å². The quantitative estimate of drug-likeness (QED) is 0.786. The lowest BCUT2D eigenvalue weighted by molar-refractivity contribution is -0.149. The summed E-state index contributed by atoms with van der Waals surface area (Å²) in [6.45, 7) is 3.26. The highest BCUT2D eigenvalue weighted by Crippen LogP contribution is 2.30. The highest BCUT2D eigenvalue weighted by atomic mass is 19.4. The number of halogens is 3. The van der Waals surface area contributed by atoms with Crippen LogP contribution in [-0.4, -0.2) is 21.1 Å². The van der Waals surface area contributed by atoms with Crippen LogP contribution < -0.4 is 4.84 Å². The Morgan fingerprint density at radius 2 is 2.05 bits per heavy atom. The zero-order valence-electron chi connectivity index (χ0n) is 10.1. The van der Waals surface area contributed by atoms with Crippen molar-refractivity contribution in [2.75, 3.05) is 0 Å². The molecule has 0 amide bonds. The van der Waals surface area contributed by atoms with E-state index in [1.165, 1.54) is 0 Å². The molecule has 0 bridgehead atoms. The van der Waals surface area contributed by atoms with Gasteiger partial charge in [0.15, 0.2) is 0 Å². The molecule has 0 fully saturated rings. The number of hydrogen-bond donors (Lipinski definition) is 0. The Hall–Kier alpha value is -2.12. The molecule has 2 aromatic rings. The molecule has 0 unspecified atom stereocenters. The molecule has 19 heavy (non-hydrogen) atoms. The largest absolute Gasteiger partial charge is 0.416 e. The van der Waals surface area contributed by atoms with E-state index in [-0.39, 0.29) is 17.0 Å². The average Bonchev–Trinajstić information content (AvgIpc) is 2.70. The third-order valence-electron chi connectivity index (χ3n) is 2.39. The van der Waals surface area contributed by atoms with Crippen molar-refractivity contribution < 1.29 is 22.8 Å². The molecule has 2 rings (SSSR count). The molecule has 8 heteroatoms. The molecule has 0 radical (unpaired) electrons. The Morgan fingerprint density at radius 3 is 2.63 bits per heavy atom. The molecule has 1 aromatic carbocycles. The molecule has 0 saturated heterocycles. The molecule has 0 N–H and O–H groups in total. The number of alkyl halides is 3. The summed E-state index contributed by atoms with van der Waals surface area (Å²) in [4.78, 5) is 17.1. The molecule has 102 valence electrons. The van der Waals surface area contributed by atoms with Crippen LogP contribution in [0.15, 0.2) is 18.2 Å². The molecule has 0 aliphatic carbocycles. The van der Waals surface area contributed by atoms with Gasteiger partial charge in [0.1, 0.15) is 11.0 Å². The van der Waals surface area contributed by atoms with E-state index in [2.05, 4.69) is 10.3 Å². The number of benzene rings is 1. The van der Waals surface area contributed by atoms with E-state index in [4.69, 9.17) is 4.84 Å². The maximum Gasteiger partial charge on any atom is 0.416 e. The van der Waals surface area contributed by atoms with E-state index >= 15 is 0 Å². The summed E-state index contributed by atoms with van der Waals surface area (Å²) >= 11 is 0. The second-order valence-corrected chi connectivity index (χ2v) is 4.23. The normalized spacial score (nSPS) is 12.1. The number of aromatic nitrogens is 3. The van der Waals surface area contributed by atoms with Gasteiger partial charge >= 0.3 is 12.1 Å². The summed E-state index contributed by atoms with van der Waals surface area (Å²) in [5.41, 5.74) is -0.629. The maximum atomic E-state index is 12.5. The van der Waals surface area contributed by atoms with E-state index in [1.54, 1.807) is 13.8 Å². The number of carbonyl (C=O) groups excluding carboxylic acids is 1. The van der Waals surface area contributed by atoms with Crippen molar-refractivity contribution in [3.63, 3.8) is 0 Å². The summed E-state index contributed by atoms with van der Waals surface area (Å²) < 4.78 is 37.5. The highest BCUT2D eigenvalue weighted by Gasteiger charge is 2.31. The van der Waals surface area contributed by atoms with Gasteiger partial charge in [-0.25, -0.2) is 4.79 Å². The van der Waals surface area contributed by atoms with Gasteiger partial charge < -0.3 is 4.84 Å². The third kappa shape index (κ3) is 2.67. The number of nitrogens with zero attached hydrogens (tertiary/aromatic N) is 3. The van der Waals surface area contributed by atoms with Crippen LogP contribution in [0.3, 0.4) is 0 Å². The Balaban J connectivity index is 2.37. The monoisotopic (exact) mass is 273 g/mol. The van der Waals surface area contributed by atoms with Crippen molar-refractivity contribution in [3.8, 4) is 0 Å². The highest BCUT2D eigenvalue weighted by molar-refractivity contribution is 5.77. The summed E-state index contributed by atoms with van der Waals surface area (Å²) in [6.07, 6.45) is -4.45. The molecule has 1 aromatic heterocycles.